The summed E-state index contributed by atoms with van der Waals surface area (Å²) in [5.41, 5.74) is 8.42. The van der Waals surface area contributed by atoms with Crippen molar-refractivity contribution in [2.75, 3.05) is 5.73 Å². The molecular weight excluding hydrogens is 308 g/mol. The molecule has 4 heteroatoms. The lowest BCUT2D eigenvalue weighted by Gasteiger charge is -2.11. The minimum absolute atomic E-state index is 0.103. The Morgan fingerprint density at radius 2 is 1.58 bits per heavy atom. The van der Waals surface area contributed by atoms with Crippen molar-refractivity contribution in [1.29, 1.82) is 0 Å². The van der Waals surface area contributed by atoms with Crippen LogP contribution in [-0.4, -0.2) is 0 Å². The Labute approximate surface area is 139 Å². The standard InChI is InChI=1S/C20H17F2NO/c1-13-7-8-15(9-19(13)23)20-17(21)10-16(11-18(20)22)24-12-14-5-3-2-4-6-14/h2-11H,12,23H2,1H3. The molecular formula is C20H17F2NO. The Morgan fingerprint density at radius 1 is 0.917 bits per heavy atom. The number of anilines is 1. The van der Waals surface area contributed by atoms with Crippen molar-refractivity contribution in [3.05, 3.63) is 83.4 Å². The van der Waals surface area contributed by atoms with E-state index in [1.54, 1.807) is 18.2 Å². The molecule has 2 nitrogen and oxygen atoms in total. The number of rotatable bonds is 4. The molecule has 3 aromatic rings. The van der Waals surface area contributed by atoms with E-state index in [-0.39, 0.29) is 17.9 Å². The van der Waals surface area contributed by atoms with Gasteiger partial charge in [-0.2, -0.15) is 0 Å². The molecule has 0 fully saturated rings. The summed E-state index contributed by atoms with van der Waals surface area (Å²) < 4.78 is 34.3. The Kier molecular flexibility index (Phi) is 4.47. The Morgan fingerprint density at radius 3 is 2.21 bits per heavy atom. The molecule has 0 radical (unpaired) electrons. The van der Waals surface area contributed by atoms with Crippen molar-refractivity contribution in [3.63, 3.8) is 0 Å². The first-order chi connectivity index (χ1) is 11.5. The predicted molar refractivity (Wildman–Crippen MR) is 91.7 cm³/mol. The number of ether oxygens (including phenoxy) is 1. The summed E-state index contributed by atoms with van der Waals surface area (Å²) in [6, 6.07) is 16.8. The first kappa shape index (κ1) is 16.0. The number of aryl methyl sites for hydroxylation is 1. The van der Waals surface area contributed by atoms with E-state index >= 15 is 0 Å². The highest BCUT2D eigenvalue weighted by Crippen LogP contribution is 2.31. The largest absolute Gasteiger partial charge is 0.489 e. The highest BCUT2D eigenvalue weighted by Gasteiger charge is 2.15. The van der Waals surface area contributed by atoms with Gasteiger partial charge in [0.05, 0.1) is 5.56 Å². The second kappa shape index (κ2) is 6.71. The summed E-state index contributed by atoms with van der Waals surface area (Å²) in [5, 5.41) is 0. The van der Waals surface area contributed by atoms with E-state index in [0.29, 0.717) is 11.3 Å². The van der Waals surface area contributed by atoms with Gasteiger partial charge in [0.15, 0.2) is 0 Å². The van der Waals surface area contributed by atoms with Gasteiger partial charge in [0.25, 0.3) is 0 Å². The molecule has 0 aliphatic heterocycles. The molecule has 0 saturated heterocycles. The van der Waals surface area contributed by atoms with Crippen molar-refractivity contribution in [2.24, 2.45) is 0 Å². The highest BCUT2D eigenvalue weighted by molar-refractivity contribution is 5.70. The van der Waals surface area contributed by atoms with Crippen LogP contribution in [0.5, 0.6) is 5.75 Å². The average Bonchev–Trinajstić information content (AvgIpc) is 2.56. The van der Waals surface area contributed by atoms with Crippen LogP contribution < -0.4 is 10.5 Å². The van der Waals surface area contributed by atoms with Crippen LogP contribution >= 0.6 is 0 Å². The Balaban J connectivity index is 1.87. The van der Waals surface area contributed by atoms with Gasteiger partial charge in [-0.05, 0) is 29.7 Å². The van der Waals surface area contributed by atoms with Gasteiger partial charge in [-0.15, -0.1) is 0 Å². The summed E-state index contributed by atoms with van der Waals surface area (Å²) in [5.74, 6) is -1.21. The normalized spacial score (nSPS) is 10.6. The molecule has 0 aliphatic carbocycles. The van der Waals surface area contributed by atoms with Crippen LogP contribution in [0.3, 0.4) is 0 Å². The Hall–Kier alpha value is -2.88. The third kappa shape index (κ3) is 3.38. The molecule has 0 saturated carbocycles. The summed E-state index contributed by atoms with van der Waals surface area (Å²) >= 11 is 0. The molecule has 0 aliphatic rings. The van der Waals surface area contributed by atoms with Gasteiger partial charge in [0.2, 0.25) is 0 Å². The molecule has 0 aromatic heterocycles. The van der Waals surface area contributed by atoms with Gasteiger partial charge in [-0.1, -0.05) is 42.5 Å². The fourth-order valence-corrected chi connectivity index (χ4v) is 2.45. The van der Waals surface area contributed by atoms with Crippen LogP contribution in [0.15, 0.2) is 60.7 Å². The predicted octanol–water partition coefficient (Wildman–Crippen LogP) is 5.10. The average molecular weight is 325 g/mol. The maximum atomic E-state index is 14.4. The number of hydrogen-bond donors (Lipinski definition) is 1. The van der Waals surface area contributed by atoms with E-state index in [9.17, 15) is 8.78 Å². The summed E-state index contributed by atoms with van der Waals surface area (Å²) in [6.45, 7) is 2.09. The Bertz CT molecular complexity index is 840. The van der Waals surface area contributed by atoms with E-state index < -0.39 is 11.6 Å². The van der Waals surface area contributed by atoms with E-state index in [4.69, 9.17) is 10.5 Å². The number of benzene rings is 3. The van der Waals surface area contributed by atoms with Crippen molar-refractivity contribution >= 4 is 5.69 Å². The quantitative estimate of drug-likeness (QED) is 0.677. The number of halogens is 2. The summed E-state index contributed by atoms with van der Waals surface area (Å²) in [4.78, 5) is 0. The smallest absolute Gasteiger partial charge is 0.137 e. The number of hydrogen-bond acceptors (Lipinski definition) is 2. The van der Waals surface area contributed by atoms with Crippen molar-refractivity contribution in [1.82, 2.24) is 0 Å². The number of nitrogens with two attached hydrogens (primary N) is 1. The molecule has 0 bridgehead atoms. The van der Waals surface area contributed by atoms with Crippen LogP contribution in [0.4, 0.5) is 14.5 Å². The second-order valence-corrected chi connectivity index (χ2v) is 5.61. The van der Waals surface area contributed by atoms with Crippen LogP contribution in [-0.2, 0) is 6.61 Å². The second-order valence-electron chi connectivity index (χ2n) is 5.61. The molecule has 0 spiro atoms. The van der Waals surface area contributed by atoms with Crippen molar-refractivity contribution < 1.29 is 13.5 Å². The summed E-state index contributed by atoms with van der Waals surface area (Å²) in [6.07, 6.45) is 0. The molecule has 2 N–H and O–H groups in total. The van der Waals surface area contributed by atoms with Crippen LogP contribution in [0.25, 0.3) is 11.1 Å². The van der Waals surface area contributed by atoms with Crippen LogP contribution in [0.1, 0.15) is 11.1 Å². The van der Waals surface area contributed by atoms with Crippen molar-refractivity contribution in [3.8, 4) is 16.9 Å². The fraction of sp³-hybridized carbons (Fsp3) is 0.100. The zero-order chi connectivity index (χ0) is 17.1. The first-order valence-corrected chi connectivity index (χ1v) is 7.57. The van der Waals surface area contributed by atoms with Crippen LogP contribution in [0.2, 0.25) is 0 Å². The summed E-state index contributed by atoms with van der Waals surface area (Å²) in [7, 11) is 0. The minimum Gasteiger partial charge on any atom is -0.489 e. The molecule has 3 aromatic carbocycles. The molecule has 0 heterocycles. The molecule has 0 unspecified atom stereocenters. The van der Waals surface area contributed by atoms with Gasteiger partial charge in [0.1, 0.15) is 24.0 Å². The van der Waals surface area contributed by atoms with Gasteiger partial charge in [-0.3, -0.25) is 0 Å². The van der Waals surface area contributed by atoms with E-state index in [2.05, 4.69) is 0 Å². The topological polar surface area (TPSA) is 35.2 Å². The molecule has 24 heavy (non-hydrogen) atoms. The lowest BCUT2D eigenvalue weighted by atomic mass is 10.0. The maximum absolute atomic E-state index is 14.4. The molecule has 122 valence electrons. The van der Waals surface area contributed by atoms with Crippen molar-refractivity contribution in [2.45, 2.75) is 13.5 Å². The van der Waals surface area contributed by atoms with E-state index in [1.165, 1.54) is 12.1 Å². The molecule has 3 rings (SSSR count). The number of nitrogen functional groups attached to an aromatic ring is 1. The molecule has 0 amide bonds. The van der Waals surface area contributed by atoms with Crippen LogP contribution in [0, 0.1) is 18.6 Å². The van der Waals surface area contributed by atoms with Gasteiger partial charge in [-0.25, -0.2) is 8.78 Å². The van der Waals surface area contributed by atoms with E-state index in [0.717, 1.165) is 11.1 Å². The zero-order valence-electron chi connectivity index (χ0n) is 13.2. The molecule has 0 atom stereocenters. The van der Waals surface area contributed by atoms with Gasteiger partial charge < -0.3 is 10.5 Å². The van der Waals surface area contributed by atoms with Gasteiger partial charge >= 0.3 is 0 Å². The lowest BCUT2D eigenvalue weighted by Crippen LogP contribution is -1.99. The minimum atomic E-state index is -0.679. The fourth-order valence-electron chi connectivity index (χ4n) is 2.45. The monoisotopic (exact) mass is 325 g/mol. The third-order valence-corrected chi connectivity index (χ3v) is 3.83. The highest BCUT2D eigenvalue weighted by atomic mass is 19.1. The first-order valence-electron chi connectivity index (χ1n) is 7.57. The SMILES string of the molecule is Cc1ccc(-c2c(F)cc(OCc3ccccc3)cc2F)cc1N. The van der Waals surface area contributed by atoms with E-state index in [1.807, 2.05) is 37.3 Å². The maximum Gasteiger partial charge on any atom is 0.137 e. The third-order valence-electron chi connectivity index (χ3n) is 3.83. The zero-order valence-corrected chi connectivity index (χ0v) is 13.2. The lowest BCUT2D eigenvalue weighted by molar-refractivity contribution is 0.303. The van der Waals surface area contributed by atoms with Gasteiger partial charge in [0, 0.05) is 17.8 Å².